The van der Waals surface area contributed by atoms with Gasteiger partial charge in [-0.05, 0) is 37.6 Å². The lowest BCUT2D eigenvalue weighted by Crippen LogP contribution is -2.16. The molecule has 1 aromatic heterocycles. The Morgan fingerprint density at radius 1 is 1.22 bits per heavy atom. The van der Waals surface area contributed by atoms with Crippen LogP contribution in [0.3, 0.4) is 0 Å². The third-order valence-electron chi connectivity index (χ3n) is 3.64. The molecule has 1 aliphatic heterocycles. The number of benzene rings is 1. The van der Waals surface area contributed by atoms with E-state index in [4.69, 9.17) is 9.47 Å². The minimum absolute atomic E-state index is 0.191. The maximum absolute atomic E-state index is 12.6. The Hall–Kier alpha value is -2.35. The largest absolute Gasteiger partial charge is 0.493 e. The van der Waals surface area contributed by atoms with Crippen molar-refractivity contribution in [1.29, 1.82) is 0 Å². The average molecular weight is 335 g/mol. The predicted octanol–water partition coefficient (Wildman–Crippen LogP) is 1.84. The zero-order valence-electron chi connectivity index (χ0n) is 13.1. The normalized spacial score (nSPS) is 13.3. The molecule has 0 saturated carbocycles. The number of fused-ring (bicyclic) bond motifs is 1. The molecule has 0 spiro atoms. The minimum Gasteiger partial charge on any atom is -0.493 e. The van der Waals surface area contributed by atoms with Gasteiger partial charge in [-0.25, -0.2) is 8.42 Å². The van der Waals surface area contributed by atoms with E-state index in [-0.39, 0.29) is 10.9 Å². The second-order valence-electron chi connectivity index (χ2n) is 5.23. The summed E-state index contributed by atoms with van der Waals surface area (Å²) < 4.78 is 38.2. The van der Waals surface area contributed by atoms with Crippen molar-refractivity contribution in [1.82, 2.24) is 9.97 Å². The Morgan fingerprint density at radius 2 is 1.91 bits per heavy atom. The smallest absolute Gasteiger partial charge is 0.316 e. The molecule has 1 aromatic carbocycles. The quantitative estimate of drug-likeness (QED) is 0.917. The van der Waals surface area contributed by atoms with Crippen LogP contribution >= 0.6 is 0 Å². The Labute approximate surface area is 134 Å². The highest BCUT2D eigenvalue weighted by atomic mass is 32.2. The second-order valence-corrected chi connectivity index (χ2v) is 6.91. The Bertz CT molecular complexity index is 842. The molecule has 7 nitrogen and oxygen atoms in total. The number of hydrogen-bond donors (Lipinski definition) is 1. The topological polar surface area (TPSA) is 90.4 Å². The molecule has 23 heavy (non-hydrogen) atoms. The summed E-state index contributed by atoms with van der Waals surface area (Å²) in [5.74, 6) is 0.740. The van der Waals surface area contributed by atoms with Crippen molar-refractivity contribution in [3.8, 4) is 11.8 Å². The van der Waals surface area contributed by atoms with E-state index in [0.29, 0.717) is 30.1 Å². The average Bonchev–Trinajstić information content (AvgIpc) is 2.98. The number of hydrogen-bond acceptors (Lipinski definition) is 6. The molecular formula is C15H17N3O4S. The maximum atomic E-state index is 12.6. The van der Waals surface area contributed by atoms with Crippen molar-refractivity contribution in [2.24, 2.45) is 0 Å². The number of nitrogens with zero attached hydrogens (tertiary/aromatic N) is 2. The third-order valence-corrected chi connectivity index (χ3v) is 4.99. The zero-order chi connectivity index (χ0) is 16.6. The molecule has 1 N–H and O–H groups in total. The van der Waals surface area contributed by atoms with E-state index in [9.17, 15) is 8.42 Å². The molecule has 1 aliphatic rings. The van der Waals surface area contributed by atoms with Gasteiger partial charge >= 0.3 is 6.01 Å². The summed E-state index contributed by atoms with van der Waals surface area (Å²) >= 11 is 0. The summed E-state index contributed by atoms with van der Waals surface area (Å²) in [6.45, 7) is 3.98. The number of anilines is 1. The Morgan fingerprint density at radius 3 is 2.57 bits per heavy atom. The number of ether oxygens (including phenoxy) is 2. The van der Waals surface area contributed by atoms with Crippen molar-refractivity contribution in [2.75, 3.05) is 18.4 Å². The highest BCUT2D eigenvalue weighted by molar-refractivity contribution is 7.92. The van der Waals surface area contributed by atoms with E-state index in [1.165, 1.54) is 13.2 Å². The highest BCUT2D eigenvalue weighted by Crippen LogP contribution is 2.29. The van der Waals surface area contributed by atoms with Crippen LogP contribution in [0.4, 0.5) is 5.69 Å². The molecule has 0 radical (unpaired) electrons. The van der Waals surface area contributed by atoms with Gasteiger partial charge in [0.1, 0.15) is 5.75 Å². The standard InChI is InChI=1S/C15H17N3O4S/c1-9-14(10(2)17-15(16-9)21-3)18-23(19,20)12-4-5-13-11(8-12)6-7-22-13/h4-5,8,18H,6-7H2,1-3H3. The van der Waals surface area contributed by atoms with E-state index < -0.39 is 10.0 Å². The van der Waals surface area contributed by atoms with Gasteiger partial charge in [0, 0.05) is 6.42 Å². The van der Waals surface area contributed by atoms with Crippen LogP contribution in [0.15, 0.2) is 23.1 Å². The molecule has 0 fully saturated rings. The van der Waals surface area contributed by atoms with Gasteiger partial charge in [0.05, 0.1) is 35.7 Å². The van der Waals surface area contributed by atoms with Gasteiger partial charge in [-0.3, -0.25) is 4.72 Å². The molecule has 0 saturated heterocycles. The van der Waals surface area contributed by atoms with Crippen molar-refractivity contribution in [2.45, 2.75) is 25.2 Å². The lowest BCUT2D eigenvalue weighted by molar-refractivity contribution is 0.356. The van der Waals surface area contributed by atoms with Gasteiger partial charge in [-0.2, -0.15) is 9.97 Å². The van der Waals surface area contributed by atoms with Crippen LogP contribution in [0.25, 0.3) is 0 Å². The second kappa shape index (κ2) is 5.69. The van der Waals surface area contributed by atoms with Gasteiger partial charge < -0.3 is 9.47 Å². The molecule has 0 aliphatic carbocycles. The van der Waals surface area contributed by atoms with Gasteiger partial charge in [0.15, 0.2) is 0 Å². The summed E-state index contributed by atoms with van der Waals surface area (Å²) in [7, 11) is -2.26. The Kier molecular flexibility index (Phi) is 3.85. The molecule has 8 heteroatoms. The Balaban J connectivity index is 1.96. The van der Waals surface area contributed by atoms with E-state index in [2.05, 4.69) is 14.7 Å². The monoisotopic (exact) mass is 335 g/mol. The van der Waals surface area contributed by atoms with Crippen LogP contribution in [-0.2, 0) is 16.4 Å². The van der Waals surface area contributed by atoms with E-state index in [1.54, 1.807) is 26.0 Å². The van der Waals surface area contributed by atoms with Crippen molar-refractivity contribution >= 4 is 15.7 Å². The summed E-state index contributed by atoms with van der Waals surface area (Å²) in [4.78, 5) is 8.41. The molecule has 2 heterocycles. The van der Waals surface area contributed by atoms with Crippen LogP contribution in [0.2, 0.25) is 0 Å². The molecule has 122 valence electrons. The molecule has 0 amide bonds. The van der Waals surface area contributed by atoms with Gasteiger partial charge in [-0.15, -0.1) is 0 Å². The molecule has 0 bridgehead atoms. The number of aromatic nitrogens is 2. The first-order valence-corrected chi connectivity index (χ1v) is 8.57. The molecule has 0 atom stereocenters. The predicted molar refractivity (Wildman–Crippen MR) is 84.5 cm³/mol. The number of methoxy groups -OCH3 is 1. The zero-order valence-corrected chi connectivity index (χ0v) is 13.9. The first-order chi connectivity index (χ1) is 10.9. The number of sulfonamides is 1. The first-order valence-electron chi connectivity index (χ1n) is 7.08. The number of rotatable bonds is 4. The van der Waals surface area contributed by atoms with Crippen LogP contribution in [0, 0.1) is 13.8 Å². The summed E-state index contributed by atoms with van der Waals surface area (Å²) in [6, 6.07) is 5.06. The molecule has 0 unspecified atom stereocenters. The van der Waals surface area contributed by atoms with Crippen LogP contribution < -0.4 is 14.2 Å². The van der Waals surface area contributed by atoms with Gasteiger partial charge in [-0.1, -0.05) is 0 Å². The SMILES string of the molecule is COc1nc(C)c(NS(=O)(=O)c2ccc3c(c2)CCO3)c(C)n1. The summed E-state index contributed by atoms with van der Waals surface area (Å²) in [5.41, 5.74) is 2.26. The number of aryl methyl sites for hydroxylation is 2. The van der Waals surface area contributed by atoms with Crippen LogP contribution in [0.5, 0.6) is 11.8 Å². The molecular weight excluding hydrogens is 318 g/mol. The third kappa shape index (κ3) is 2.94. The highest BCUT2D eigenvalue weighted by Gasteiger charge is 2.21. The summed E-state index contributed by atoms with van der Waals surface area (Å²) in [6.07, 6.45) is 0.711. The maximum Gasteiger partial charge on any atom is 0.316 e. The fourth-order valence-corrected chi connectivity index (χ4v) is 3.67. The van der Waals surface area contributed by atoms with E-state index in [0.717, 1.165) is 11.3 Å². The number of nitrogens with one attached hydrogen (secondary N) is 1. The van der Waals surface area contributed by atoms with Crippen LogP contribution in [0.1, 0.15) is 17.0 Å². The van der Waals surface area contributed by atoms with E-state index >= 15 is 0 Å². The minimum atomic E-state index is -3.73. The molecule has 3 rings (SSSR count). The first kappa shape index (κ1) is 15.5. The van der Waals surface area contributed by atoms with Crippen LogP contribution in [-0.4, -0.2) is 32.1 Å². The van der Waals surface area contributed by atoms with Crippen molar-refractivity contribution < 1.29 is 17.9 Å². The lowest BCUT2D eigenvalue weighted by atomic mass is 10.2. The van der Waals surface area contributed by atoms with Crippen molar-refractivity contribution in [3.63, 3.8) is 0 Å². The van der Waals surface area contributed by atoms with Crippen molar-refractivity contribution in [3.05, 3.63) is 35.2 Å². The fraction of sp³-hybridized carbons (Fsp3) is 0.333. The van der Waals surface area contributed by atoms with Gasteiger partial charge in [0.2, 0.25) is 0 Å². The fourth-order valence-electron chi connectivity index (χ4n) is 2.45. The van der Waals surface area contributed by atoms with Gasteiger partial charge in [0.25, 0.3) is 10.0 Å². The van der Waals surface area contributed by atoms with E-state index in [1.807, 2.05) is 0 Å². The lowest BCUT2D eigenvalue weighted by Gasteiger charge is -2.13. The molecule has 2 aromatic rings. The summed E-state index contributed by atoms with van der Waals surface area (Å²) in [5, 5.41) is 0.